The topological polar surface area (TPSA) is 89.4 Å². The molecule has 0 aromatic carbocycles. The molecule has 0 bridgehead atoms. The van der Waals surface area contributed by atoms with Crippen molar-refractivity contribution in [3.63, 3.8) is 0 Å². The second-order valence-electron chi connectivity index (χ2n) is 5.97. The van der Waals surface area contributed by atoms with Gasteiger partial charge in [0.25, 0.3) is 5.91 Å². The van der Waals surface area contributed by atoms with Crippen molar-refractivity contribution >= 4 is 11.8 Å². The number of amides is 2. The summed E-state index contributed by atoms with van der Waals surface area (Å²) in [6, 6.07) is 3.31. The van der Waals surface area contributed by atoms with E-state index in [1.807, 2.05) is 11.0 Å². The Morgan fingerprint density at radius 1 is 1.50 bits per heavy atom. The van der Waals surface area contributed by atoms with Crippen molar-refractivity contribution in [3.8, 4) is 6.07 Å². The summed E-state index contributed by atoms with van der Waals surface area (Å²) in [6.07, 6.45) is 3.33. The van der Waals surface area contributed by atoms with Crippen LogP contribution in [0.2, 0.25) is 0 Å². The summed E-state index contributed by atoms with van der Waals surface area (Å²) in [4.78, 5) is 31.3. The SMILES string of the molecule is N#Cc1c[nH]c(C(=O)N2CC[C@@]34OCCCN3C(=O)C[C@@H]24)c1. The van der Waals surface area contributed by atoms with Crippen LogP contribution in [0, 0.1) is 11.3 Å². The molecule has 7 nitrogen and oxygen atoms in total. The average Bonchev–Trinajstić information content (AvgIpc) is 3.19. The normalized spacial score (nSPS) is 30.1. The van der Waals surface area contributed by atoms with Crippen molar-refractivity contribution in [2.75, 3.05) is 19.7 Å². The van der Waals surface area contributed by atoms with E-state index in [-0.39, 0.29) is 17.9 Å². The van der Waals surface area contributed by atoms with E-state index < -0.39 is 5.72 Å². The van der Waals surface area contributed by atoms with E-state index >= 15 is 0 Å². The number of aromatic nitrogens is 1. The zero-order valence-electron chi connectivity index (χ0n) is 12.0. The van der Waals surface area contributed by atoms with Crippen molar-refractivity contribution < 1.29 is 14.3 Å². The van der Waals surface area contributed by atoms with Crippen molar-refractivity contribution in [3.05, 3.63) is 23.5 Å². The molecule has 1 N–H and O–H groups in total. The van der Waals surface area contributed by atoms with E-state index in [0.29, 0.717) is 43.8 Å². The first-order valence-corrected chi connectivity index (χ1v) is 7.49. The lowest BCUT2D eigenvalue weighted by Gasteiger charge is -2.42. The smallest absolute Gasteiger partial charge is 0.270 e. The number of nitrogens with zero attached hydrogens (tertiary/aromatic N) is 3. The van der Waals surface area contributed by atoms with Gasteiger partial charge in [-0.1, -0.05) is 0 Å². The number of nitriles is 1. The molecule has 2 amide bonds. The van der Waals surface area contributed by atoms with Gasteiger partial charge in [0.1, 0.15) is 11.8 Å². The third-order valence-corrected chi connectivity index (χ3v) is 4.92. The predicted molar refractivity (Wildman–Crippen MR) is 74.6 cm³/mol. The summed E-state index contributed by atoms with van der Waals surface area (Å²) in [7, 11) is 0. The summed E-state index contributed by atoms with van der Waals surface area (Å²) in [5.74, 6) is -0.112. The number of carbonyl (C=O) groups excluding carboxylic acids is 2. The minimum Gasteiger partial charge on any atom is -0.356 e. The first kappa shape index (κ1) is 13.3. The molecule has 4 heterocycles. The van der Waals surface area contributed by atoms with Gasteiger partial charge in [0, 0.05) is 25.7 Å². The van der Waals surface area contributed by atoms with Gasteiger partial charge >= 0.3 is 0 Å². The number of ether oxygens (including phenoxy) is 1. The highest BCUT2D eigenvalue weighted by atomic mass is 16.5. The number of hydrogen-bond donors (Lipinski definition) is 1. The van der Waals surface area contributed by atoms with Crippen LogP contribution in [0.3, 0.4) is 0 Å². The zero-order valence-corrected chi connectivity index (χ0v) is 12.0. The molecule has 0 radical (unpaired) electrons. The number of H-pyrrole nitrogens is 1. The van der Waals surface area contributed by atoms with Gasteiger partial charge in [-0.3, -0.25) is 9.59 Å². The van der Waals surface area contributed by atoms with Crippen LogP contribution >= 0.6 is 0 Å². The van der Waals surface area contributed by atoms with E-state index in [2.05, 4.69) is 4.98 Å². The van der Waals surface area contributed by atoms with Crippen LogP contribution in [0.15, 0.2) is 12.3 Å². The first-order chi connectivity index (χ1) is 10.7. The molecule has 3 saturated heterocycles. The second kappa shape index (κ2) is 4.58. The molecule has 3 aliphatic rings. The Labute approximate surface area is 127 Å². The summed E-state index contributed by atoms with van der Waals surface area (Å²) >= 11 is 0. The van der Waals surface area contributed by atoms with Gasteiger partial charge in [0.15, 0.2) is 5.72 Å². The highest BCUT2D eigenvalue weighted by Crippen LogP contribution is 2.45. The molecule has 1 aromatic heterocycles. The van der Waals surface area contributed by atoms with Crippen LogP contribution in [-0.2, 0) is 9.53 Å². The molecule has 7 heteroatoms. The molecule has 1 spiro atoms. The lowest BCUT2D eigenvalue weighted by molar-refractivity contribution is -0.179. The molecule has 2 atom stereocenters. The van der Waals surface area contributed by atoms with E-state index in [1.165, 1.54) is 6.20 Å². The van der Waals surface area contributed by atoms with Gasteiger partial charge < -0.3 is 19.5 Å². The molecule has 3 fully saturated rings. The quantitative estimate of drug-likeness (QED) is 0.815. The minimum absolute atomic E-state index is 0.0615. The number of likely N-dealkylation sites (tertiary alicyclic amines) is 1. The number of nitrogens with one attached hydrogen (secondary N) is 1. The Bertz CT molecular complexity index is 691. The van der Waals surface area contributed by atoms with Crippen molar-refractivity contribution in [2.45, 2.75) is 31.0 Å². The van der Waals surface area contributed by atoms with Crippen molar-refractivity contribution in [1.82, 2.24) is 14.8 Å². The van der Waals surface area contributed by atoms with Gasteiger partial charge in [0.05, 0.1) is 24.6 Å². The van der Waals surface area contributed by atoms with Crippen molar-refractivity contribution in [2.24, 2.45) is 0 Å². The fourth-order valence-corrected chi connectivity index (χ4v) is 3.93. The Morgan fingerprint density at radius 3 is 3.14 bits per heavy atom. The van der Waals surface area contributed by atoms with Crippen LogP contribution in [-0.4, -0.2) is 58.1 Å². The summed E-state index contributed by atoms with van der Waals surface area (Å²) in [5.41, 5.74) is 0.181. The summed E-state index contributed by atoms with van der Waals surface area (Å²) in [5, 5.41) is 8.87. The average molecular weight is 300 g/mol. The van der Waals surface area contributed by atoms with Gasteiger partial charge in [-0.05, 0) is 12.5 Å². The van der Waals surface area contributed by atoms with Crippen LogP contribution in [0.1, 0.15) is 35.3 Å². The van der Waals surface area contributed by atoms with E-state index in [1.54, 1.807) is 11.0 Å². The van der Waals surface area contributed by atoms with Gasteiger partial charge in [-0.25, -0.2) is 0 Å². The predicted octanol–water partition coefficient (Wildman–Crippen LogP) is 0.450. The Hall–Kier alpha value is -2.33. The minimum atomic E-state index is -0.629. The lowest BCUT2D eigenvalue weighted by atomic mass is 10.0. The molecule has 3 aliphatic heterocycles. The van der Waals surface area contributed by atoms with Crippen LogP contribution in [0.4, 0.5) is 0 Å². The maximum absolute atomic E-state index is 12.7. The Morgan fingerprint density at radius 2 is 2.36 bits per heavy atom. The summed E-state index contributed by atoms with van der Waals surface area (Å²) < 4.78 is 5.98. The van der Waals surface area contributed by atoms with Gasteiger partial charge in [-0.15, -0.1) is 0 Å². The molecule has 22 heavy (non-hydrogen) atoms. The molecule has 4 rings (SSSR count). The second-order valence-corrected chi connectivity index (χ2v) is 5.97. The molecule has 114 valence electrons. The summed E-state index contributed by atoms with van der Waals surface area (Å²) in [6.45, 7) is 1.90. The largest absolute Gasteiger partial charge is 0.356 e. The highest BCUT2D eigenvalue weighted by Gasteiger charge is 2.61. The zero-order chi connectivity index (χ0) is 15.3. The maximum atomic E-state index is 12.7. The maximum Gasteiger partial charge on any atom is 0.270 e. The monoisotopic (exact) mass is 300 g/mol. The third-order valence-electron chi connectivity index (χ3n) is 4.92. The molecule has 1 aromatic rings. The fourth-order valence-electron chi connectivity index (χ4n) is 3.93. The van der Waals surface area contributed by atoms with Gasteiger partial charge in [0.2, 0.25) is 5.91 Å². The first-order valence-electron chi connectivity index (χ1n) is 7.49. The molecular weight excluding hydrogens is 284 g/mol. The number of aromatic amines is 1. The van der Waals surface area contributed by atoms with E-state index in [9.17, 15) is 9.59 Å². The van der Waals surface area contributed by atoms with Crippen LogP contribution in [0.25, 0.3) is 0 Å². The number of carbonyl (C=O) groups is 2. The van der Waals surface area contributed by atoms with E-state index in [0.717, 1.165) is 6.42 Å². The number of rotatable bonds is 1. The molecular formula is C15H16N4O3. The Kier molecular flexibility index (Phi) is 2.78. The van der Waals surface area contributed by atoms with Gasteiger partial charge in [-0.2, -0.15) is 5.26 Å². The van der Waals surface area contributed by atoms with Crippen LogP contribution < -0.4 is 0 Å². The fraction of sp³-hybridized carbons (Fsp3) is 0.533. The standard InChI is InChI=1S/C15H16N4O3/c16-8-10-6-11(17-9-10)14(21)18-4-2-15-12(18)7-13(20)19(15)3-1-5-22-15/h6,9,12,17H,1-5,7H2/t12-,15+/m1/s1. The van der Waals surface area contributed by atoms with Crippen LogP contribution in [0.5, 0.6) is 0 Å². The molecule has 0 aliphatic carbocycles. The lowest BCUT2D eigenvalue weighted by Crippen LogP contribution is -2.56. The Balaban J connectivity index is 1.64. The van der Waals surface area contributed by atoms with Crippen molar-refractivity contribution in [1.29, 1.82) is 5.26 Å². The van der Waals surface area contributed by atoms with E-state index in [4.69, 9.17) is 10.00 Å². The molecule has 0 unspecified atom stereocenters. The number of hydrogen-bond acceptors (Lipinski definition) is 4. The third kappa shape index (κ3) is 1.64. The molecule has 0 saturated carbocycles. The highest BCUT2D eigenvalue weighted by molar-refractivity contribution is 5.94.